The van der Waals surface area contributed by atoms with E-state index in [2.05, 4.69) is 0 Å². The standard InChI is InChI=1S/C15H11Cl2FO/c1-8-5-11(18)6-9(2)14(8)15(19)12-7-10(16)3-4-13(12)17/h3-7H,1-2H3. The lowest BCUT2D eigenvalue weighted by Gasteiger charge is -2.10. The van der Waals surface area contributed by atoms with Gasteiger partial charge in [0, 0.05) is 16.1 Å². The zero-order chi connectivity index (χ0) is 14.2. The minimum absolute atomic E-state index is 0.248. The predicted octanol–water partition coefficient (Wildman–Crippen LogP) is 4.98. The minimum Gasteiger partial charge on any atom is -0.289 e. The predicted molar refractivity (Wildman–Crippen MR) is 75.8 cm³/mol. The molecule has 4 heteroatoms. The van der Waals surface area contributed by atoms with Crippen LogP contribution in [0.5, 0.6) is 0 Å². The Labute approximate surface area is 121 Å². The van der Waals surface area contributed by atoms with Gasteiger partial charge in [0.05, 0.1) is 5.02 Å². The SMILES string of the molecule is Cc1cc(F)cc(C)c1C(=O)c1cc(Cl)ccc1Cl. The van der Waals surface area contributed by atoms with Crippen molar-refractivity contribution in [2.24, 2.45) is 0 Å². The number of ketones is 1. The highest BCUT2D eigenvalue weighted by Crippen LogP contribution is 2.26. The van der Waals surface area contributed by atoms with Crippen molar-refractivity contribution < 1.29 is 9.18 Å². The van der Waals surface area contributed by atoms with Crippen molar-refractivity contribution in [2.75, 3.05) is 0 Å². The van der Waals surface area contributed by atoms with Gasteiger partial charge in [-0.3, -0.25) is 4.79 Å². The van der Waals surface area contributed by atoms with Gasteiger partial charge in [0.15, 0.2) is 5.78 Å². The van der Waals surface area contributed by atoms with Gasteiger partial charge in [-0.2, -0.15) is 0 Å². The molecule has 0 spiro atoms. The van der Waals surface area contributed by atoms with Gasteiger partial charge in [-0.25, -0.2) is 4.39 Å². The van der Waals surface area contributed by atoms with Crippen molar-refractivity contribution in [2.45, 2.75) is 13.8 Å². The van der Waals surface area contributed by atoms with Crippen LogP contribution in [0.2, 0.25) is 10.0 Å². The molecule has 0 saturated carbocycles. The zero-order valence-corrected chi connectivity index (χ0v) is 11.9. The number of rotatable bonds is 2. The third kappa shape index (κ3) is 2.80. The lowest BCUT2D eigenvalue weighted by Crippen LogP contribution is -2.07. The summed E-state index contributed by atoms with van der Waals surface area (Å²) in [6.45, 7) is 3.39. The van der Waals surface area contributed by atoms with Crippen LogP contribution in [0.15, 0.2) is 30.3 Å². The number of hydrogen-bond acceptors (Lipinski definition) is 1. The van der Waals surface area contributed by atoms with E-state index in [4.69, 9.17) is 23.2 Å². The molecule has 2 aromatic carbocycles. The molecule has 0 fully saturated rings. The molecular formula is C15H11Cl2FO. The van der Waals surface area contributed by atoms with Gasteiger partial charge in [0.2, 0.25) is 0 Å². The first-order valence-corrected chi connectivity index (χ1v) is 6.42. The topological polar surface area (TPSA) is 17.1 Å². The van der Waals surface area contributed by atoms with Gasteiger partial charge in [0.25, 0.3) is 0 Å². The molecule has 0 bridgehead atoms. The second-order valence-corrected chi connectivity index (χ2v) is 5.21. The molecule has 0 unspecified atom stereocenters. The van der Waals surface area contributed by atoms with Gasteiger partial charge in [-0.15, -0.1) is 0 Å². The fraction of sp³-hybridized carbons (Fsp3) is 0.133. The van der Waals surface area contributed by atoms with Crippen LogP contribution in [-0.2, 0) is 0 Å². The maximum absolute atomic E-state index is 13.3. The quantitative estimate of drug-likeness (QED) is 0.714. The van der Waals surface area contributed by atoms with E-state index < -0.39 is 0 Å². The first-order valence-electron chi connectivity index (χ1n) is 5.66. The summed E-state index contributed by atoms with van der Waals surface area (Å²) in [4.78, 5) is 12.5. The van der Waals surface area contributed by atoms with E-state index in [1.807, 2.05) is 0 Å². The van der Waals surface area contributed by atoms with Gasteiger partial charge < -0.3 is 0 Å². The smallest absolute Gasteiger partial charge is 0.195 e. The van der Waals surface area contributed by atoms with Crippen LogP contribution in [0, 0.1) is 19.7 Å². The first kappa shape index (κ1) is 14.0. The van der Waals surface area contributed by atoms with Crippen LogP contribution < -0.4 is 0 Å². The van der Waals surface area contributed by atoms with Crippen molar-refractivity contribution >= 4 is 29.0 Å². The van der Waals surface area contributed by atoms with Crippen LogP contribution in [0.3, 0.4) is 0 Å². The lowest BCUT2D eigenvalue weighted by atomic mass is 9.94. The summed E-state index contributed by atoms with van der Waals surface area (Å²) in [5.41, 5.74) is 1.95. The molecule has 0 atom stereocenters. The van der Waals surface area contributed by atoms with Gasteiger partial charge in [-0.05, 0) is 55.3 Å². The molecular weight excluding hydrogens is 286 g/mol. The molecule has 0 radical (unpaired) electrons. The third-order valence-corrected chi connectivity index (χ3v) is 3.46. The average molecular weight is 297 g/mol. The second kappa shape index (κ2) is 5.32. The van der Waals surface area contributed by atoms with Crippen molar-refractivity contribution in [3.63, 3.8) is 0 Å². The van der Waals surface area contributed by atoms with Crippen LogP contribution >= 0.6 is 23.2 Å². The fourth-order valence-corrected chi connectivity index (χ4v) is 2.45. The highest BCUT2D eigenvalue weighted by Gasteiger charge is 2.18. The Hall–Kier alpha value is -1.38. The maximum atomic E-state index is 13.3. The number of carbonyl (C=O) groups excluding carboxylic acids is 1. The Morgan fingerprint density at radius 3 is 2.21 bits per heavy atom. The molecule has 19 heavy (non-hydrogen) atoms. The molecule has 98 valence electrons. The molecule has 2 aromatic rings. The molecule has 0 aliphatic heterocycles. The molecule has 0 amide bonds. The Morgan fingerprint density at radius 1 is 1.05 bits per heavy atom. The second-order valence-electron chi connectivity index (χ2n) is 4.37. The van der Waals surface area contributed by atoms with Crippen LogP contribution in [0.4, 0.5) is 4.39 Å². The molecule has 0 heterocycles. The Kier molecular flexibility index (Phi) is 3.93. The third-order valence-electron chi connectivity index (χ3n) is 2.90. The molecule has 2 rings (SSSR count). The normalized spacial score (nSPS) is 10.6. The highest BCUT2D eigenvalue weighted by molar-refractivity contribution is 6.36. The molecule has 1 nitrogen and oxygen atoms in total. The average Bonchev–Trinajstić information content (AvgIpc) is 2.30. The van der Waals surface area contributed by atoms with E-state index in [1.165, 1.54) is 18.2 Å². The number of aryl methyl sites for hydroxylation is 2. The van der Waals surface area contributed by atoms with E-state index in [1.54, 1.807) is 26.0 Å². The van der Waals surface area contributed by atoms with Crippen molar-refractivity contribution in [1.29, 1.82) is 0 Å². The number of benzene rings is 2. The molecule has 0 aliphatic rings. The minimum atomic E-state index is -0.358. The Morgan fingerprint density at radius 2 is 1.63 bits per heavy atom. The first-order chi connectivity index (χ1) is 8.90. The largest absolute Gasteiger partial charge is 0.289 e. The summed E-state index contributed by atoms with van der Waals surface area (Å²) < 4.78 is 13.3. The van der Waals surface area contributed by atoms with Crippen LogP contribution in [0.25, 0.3) is 0 Å². The molecule has 0 saturated heterocycles. The van der Waals surface area contributed by atoms with Gasteiger partial charge >= 0.3 is 0 Å². The van der Waals surface area contributed by atoms with Crippen LogP contribution in [0.1, 0.15) is 27.0 Å². The van der Waals surface area contributed by atoms with Crippen molar-refractivity contribution in [3.8, 4) is 0 Å². The fourth-order valence-electron chi connectivity index (χ4n) is 2.07. The zero-order valence-electron chi connectivity index (χ0n) is 10.4. The molecule has 0 aliphatic carbocycles. The summed E-state index contributed by atoms with van der Waals surface area (Å²) in [5.74, 6) is -0.605. The summed E-state index contributed by atoms with van der Waals surface area (Å²) in [6, 6.07) is 7.38. The number of halogens is 3. The summed E-state index contributed by atoms with van der Waals surface area (Å²) >= 11 is 11.9. The number of carbonyl (C=O) groups is 1. The summed E-state index contributed by atoms with van der Waals surface area (Å²) in [5, 5.41) is 0.766. The Balaban J connectivity index is 2.59. The van der Waals surface area contributed by atoms with E-state index in [0.29, 0.717) is 32.3 Å². The number of hydrogen-bond donors (Lipinski definition) is 0. The van der Waals surface area contributed by atoms with E-state index >= 15 is 0 Å². The van der Waals surface area contributed by atoms with E-state index in [-0.39, 0.29) is 11.6 Å². The van der Waals surface area contributed by atoms with E-state index in [0.717, 1.165) is 0 Å². The molecule has 0 N–H and O–H groups in total. The van der Waals surface area contributed by atoms with Gasteiger partial charge in [0.1, 0.15) is 5.82 Å². The monoisotopic (exact) mass is 296 g/mol. The van der Waals surface area contributed by atoms with Crippen molar-refractivity contribution in [3.05, 3.63) is 68.4 Å². The highest BCUT2D eigenvalue weighted by atomic mass is 35.5. The summed E-state index contributed by atoms with van der Waals surface area (Å²) in [7, 11) is 0. The van der Waals surface area contributed by atoms with Crippen molar-refractivity contribution in [1.82, 2.24) is 0 Å². The molecule has 0 aromatic heterocycles. The van der Waals surface area contributed by atoms with Crippen LogP contribution in [-0.4, -0.2) is 5.78 Å². The lowest BCUT2D eigenvalue weighted by molar-refractivity contribution is 0.103. The van der Waals surface area contributed by atoms with E-state index in [9.17, 15) is 9.18 Å². The Bertz CT molecular complexity index is 642. The van der Waals surface area contributed by atoms with Gasteiger partial charge in [-0.1, -0.05) is 23.2 Å². The maximum Gasteiger partial charge on any atom is 0.195 e. The summed E-state index contributed by atoms with van der Waals surface area (Å²) in [6.07, 6.45) is 0.